The summed E-state index contributed by atoms with van der Waals surface area (Å²) in [5, 5.41) is 23.4. The molecular formula is C19H25ClN4O3. The Hall–Kier alpha value is -2.09. The maximum Gasteiger partial charge on any atom is 0.227 e. The minimum Gasteiger partial charge on any atom is -0.495 e. The molecule has 0 amide bonds. The molecule has 1 aliphatic heterocycles. The maximum absolute atomic E-state index is 10.1. The quantitative estimate of drug-likeness (QED) is 0.667. The molecule has 0 spiro atoms. The van der Waals surface area contributed by atoms with E-state index in [0.717, 1.165) is 24.9 Å². The van der Waals surface area contributed by atoms with E-state index < -0.39 is 6.10 Å². The Kier molecular flexibility index (Phi) is 6.36. The molecule has 0 saturated carbocycles. The number of hydrogen-bond acceptors (Lipinski definition) is 7. The summed E-state index contributed by atoms with van der Waals surface area (Å²) >= 11 is 6.19. The van der Waals surface area contributed by atoms with Crippen LogP contribution < -0.4 is 15.0 Å². The van der Waals surface area contributed by atoms with Crippen LogP contribution in [0.25, 0.3) is 0 Å². The first-order valence-electron chi connectivity index (χ1n) is 9.02. The molecule has 1 aliphatic rings. The van der Waals surface area contributed by atoms with E-state index in [9.17, 15) is 10.2 Å². The van der Waals surface area contributed by atoms with Crippen LogP contribution in [0.2, 0.25) is 5.02 Å². The zero-order valence-corrected chi connectivity index (χ0v) is 16.3. The fraction of sp³-hybridized carbons (Fsp3) is 0.474. The van der Waals surface area contributed by atoms with Crippen LogP contribution in [0.5, 0.6) is 5.75 Å². The number of methoxy groups -OCH3 is 1. The van der Waals surface area contributed by atoms with Gasteiger partial charge in [0.15, 0.2) is 0 Å². The van der Waals surface area contributed by atoms with Gasteiger partial charge in [-0.25, -0.2) is 4.98 Å². The molecule has 146 valence electrons. The van der Waals surface area contributed by atoms with Gasteiger partial charge >= 0.3 is 0 Å². The Morgan fingerprint density at radius 2 is 2.26 bits per heavy atom. The predicted molar refractivity (Wildman–Crippen MR) is 105 cm³/mol. The summed E-state index contributed by atoms with van der Waals surface area (Å²) in [6, 6.07) is 5.61. The van der Waals surface area contributed by atoms with Crippen LogP contribution in [0.3, 0.4) is 0 Å². The number of benzene rings is 1. The molecule has 1 aromatic heterocycles. The number of nitrogens with one attached hydrogen (secondary N) is 1. The van der Waals surface area contributed by atoms with Gasteiger partial charge in [0.1, 0.15) is 11.6 Å². The first-order valence-corrected chi connectivity index (χ1v) is 9.40. The average molecular weight is 393 g/mol. The molecule has 2 atom stereocenters. The standard InChI is InChI=1S/C19H25ClN4O3/c1-12(26)15-10-22-19(24-7-3-4-14(24)11-25)23-18(15)21-9-13-5-6-17(27-2)16(20)8-13/h5-6,8,10,12,14,25-26H,3-4,7,9,11H2,1-2H3,(H,21,22,23)/t12-,14-/m0/s1. The molecule has 0 radical (unpaired) electrons. The fourth-order valence-electron chi connectivity index (χ4n) is 3.26. The first-order chi connectivity index (χ1) is 13.0. The normalized spacial score (nSPS) is 17.8. The van der Waals surface area contributed by atoms with E-state index in [0.29, 0.717) is 34.6 Å². The molecule has 0 aliphatic carbocycles. The van der Waals surface area contributed by atoms with Crippen molar-refractivity contribution in [1.82, 2.24) is 9.97 Å². The number of aromatic nitrogens is 2. The molecule has 1 fully saturated rings. The highest BCUT2D eigenvalue weighted by atomic mass is 35.5. The minimum atomic E-state index is -0.701. The highest BCUT2D eigenvalue weighted by molar-refractivity contribution is 6.32. The molecule has 3 rings (SSSR count). The topological polar surface area (TPSA) is 90.7 Å². The van der Waals surface area contributed by atoms with E-state index in [1.54, 1.807) is 20.2 Å². The smallest absolute Gasteiger partial charge is 0.227 e. The number of aliphatic hydroxyl groups is 2. The number of rotatable bonds is 7. The zero-order valence-electron chi connectivity index (χ0n) is 15.5. The summed E-state index contributed by atoms with van der Waals surface area (Å²) in [4.78, 5) is 11.0. The van der Waals surface area contributed by atoms with Crippen LogP contribution in [0.15, 0.2) is 24.4 Å². The van der Waals surface area contributed by atoms with Crippen molar-refractivity contribution in [3.05, 3.63) is 40.5 Å². The molecule has 2 heterocycles. The van der Waals surface area contributed by atoms with Gasteiger partial charge in [0, 0.05) is 24.8 Å². The molecule has 27 heavy (non-hydrogen) atoms. The zero-order chi connectivity index (χ0) is 19.4. The van der Waals surface area contributed by atoms with Gasteiger partial charge < -0.3 is 25.2 Å². The van der Waals surface area contributed by atoms with Crippen molar-refractivity contribution in [3.63, 3.8) is 0 Å². The first kappa shape index (κ1) is 19.7. The van der Waals surface area contributed by atoms with Crippen LogP contribution in [-0.2, 0) is 6.54 Å². The fourth-order valence-corrected chi connectivity index (χ4v) is 3.54. The van der Waals surface area contributed by atoms with Gasteiger partial charge in [0.05, 0.1) is 30.9 Å². The lowest BCUT2D eigenvalue weighted by atomic mass is 10.2. The van der Waals surface area contributed by atoms with Crippen molar-refractivity contribution < 1.29 is 14.9 Å². The number of anilines is 2. The summed E-state index contributed by atoms with van der Waals surface area (Å²) in [6.07, 6.45) is 2.86. The number of hydrogen-bond donors (Lipinski definition) is 3. The van der Waals surface area contributed by atoms with Crippen molar-refractivity contribution in [1.29, 1.82) is 0 Å². The number of halogens is 1. The van der Waals surface area contributed by atoms with Crippen LogP contribution in [0.4, 0.5) is 11.8 Å². The monoisotopic (exact) mass is 392 g/mol. The SMILES string of the molecule is COc1ccc(CNc2nc(N3CCC[C@H]3CO)ncc2[C@H](C)O)cc1Cl. The van der Waals surface area contributed by atoms with E-state index in [1.165, 1.54) is 0 Å². The third-order valence-corrected chi connectivity index (χ3v) is 5.07. The van der Waals surface area contributed by atoms with E-state index in [-0.39, 0.29) is 12.6 Å². The number of nitrogens with zero attached hydrogens (tertiary/aromatic N) is 3. The second-order valence-corrected chi connectivity index (χ2v) is 7.05. The second-order valence-electron chi connectivity index (χ2n) is 6.64. The van der Waals surface area contributed by atoms with Crippen molar-refractivity contribution in [2.45, 2.75) is 38.5 Å². The largest absolute Gasteiger partial charge is 0.495 e. The summed E-state index contributed by atoms with van der Waals surface area (Å²) in [6.45, 7) is 3.06. The Bertz CT molecular complexity index is 788. The molecular weight excluding hydrogens is 368 g/mol. The molecule has 7 nitrogen and oxygen atoms in total. The average Bonchev–Trinajstić information content (AvgIpc) is 3.15. The lowest BCUT2D eigenvalue weighted by Crippen LogP contribution is -2.33. The van der Waals surface area contributed by atoms with E-state index in [1.807, 2.05) is 23.1 Å². The van der Waals surface area contributed by atoms with Crippen LogP contribution in [0, 0.1) is 0 Å². The van der Waals surface area contributed by atoms with Crippen LogP contribution >= 0.6 is 11.6 Å². The summed E-state index contributed by atoms with van der Waals surface area (Å²) < 4.78 is 5.17. The lowest BCUT2D eigenvalue weighted by molar-refractivity contribution is 0.199. The van der Waals surface area contributed by atoms with Gasteiger partial charge in [-0.05, 0) is 37.5 Å². The van der Waals surface area contributed by atoms with Gasteiger partial charge in [-0.15, -0.1) is 0 Å². The van der Waals surface area contributed by atoms with Crippen molar-refractivity contribution in [2.75, 3.05) is 30.5 Å². The number of aliphatic hydroxyl groups excluding tert-OH is 2. The van der Waals surface area contributed by atoms with Crippen molar-refractivity contribution in [3.8, 4) is 5.75 Å². The highest BCUT2D eigenvalue weighted by Gasteiger charge is 2.26. The predicted octanol–water partition coefficient (Wildman–Crippen LogP) is 2.77. The highest BCUT2D eigenvalue weighted by Crippen LogP contribution is 2.28. The van der Waals surface area contributed by atoms with Crippen molar-refractivity contribution in [2.24, 2.45) is 0 Å². The third-order valence-electron chi connectivity index (χ3n) is 4.78. The van der Waals surface area contributed by atoms with Crippen molar-refractivity contribution >= 4 is 23.4 Å². The molecule has 1 aromatic carbocycles. The maximum atomic E-state index is 10.1. The molecule has 0 unspecified atom stereocenters. The molecule has 3 N–H and O–H groups in total. The minimum absolute atomic E-state index is 0.0376. The summed E-state index contributed by atoms with van der Waals surface area (Å²) in [7, 11) is 1.58. The Labute approximate surface area is 164 Å². The molecule has 8 heteroatoms. The Morgan fingerprint density at radius 1 is 1.44 bits per heavy atom. The Balaban J connectivity index is 1.82. The van der Waals surface area contributed by atoms with E-state index in [4.69, 9.17) is 16.3 Å². The van der Waals surface area contributed by atoms with Gasteiger partial charge in [0.25, 0.3) is 0 Å². The molecule has 1 saturated heterocycles. The third kappa shape index (κ3) is 4.43. The molecule has 0 bridgehead atoms. The van der Waals surface area contributed by atoms with Gasteiger partial charge in [-0.2, -0.15) is 4.98 Å². The second kappa shape index (κ2) is 8.73. The van der Waals surface area contributed by atoms with Gasteiger partial charge in [0.2, 0.25) is 5.95 Å². The van der Waals surface area contributed by atoms with E-state index in [2.05, 4.69) is 15.3 Å². The summed E-state index contributed by atoms with van der Waals surface area (Å²) in [5.74, 6) is 1.76. The van der Waals surface area contributed by atoms with Gasteiger partial charge in [-0.3, -0.25) is 0 Å². The summed E-state index contributed by atoms with van der Waals surface area (Å²) in [5.41, 5.74) is 1.59. The molecule has 2 aromatic rings. The van der Waals surface area contributed by atoms with Crippen LogP contribution in [0.1, 0.15) is 37.0 Å². The van der Waals surface area contributed by atoms with Crippen LogP contribution in [-0.4, -0.2) is 46.5 Å². The Morgan fingerprint density at radius 3 is 2.93 bits per heavy atom. The number of ether oxygens (including phenoxy) is 1. The lowest BCUT2D eigenvalue weighted by Gasteiger charge is -2.24. The van der Waals surface area contributed by atoms with Gasteiger partial charge in [-0.1, -0.05) is 17.7 Å². The van der Waals surface area contributed by atoms with E-state index >= 15 is 0 Å².